The van der Waals surface area contributed by atoms with Gasteiger partial charge < -0.3 is 14.4 Å². The molecule has 0 unspecified atom stereocenters. The van der Waals surface area contributed by atoms with Gasteiger partial charge >= 0.3 is 5.97 Å². The Morgan fingerprint density at radius 1 is 1.19 bits per heavy atom. The van der Waals surface area contributed by atoms with Gasteiger partial charge in [0, 0.05) is 44.3 Å². The quantitative estimate of drug-likeness (QED) is 0.472. The van der Waals surface area contributed by atoms with Gasteiger partial charge in [-0.15, -0.1) is 0 Å². The maximum Gasteiger partial charge on any atom is 0.312 e. The zero-order chi connectivity index (χ0) is 22.6. The van der Waals surface area contributed by atoms with Crippen LogP contribution in [0.15, 0.2) is 30.3 Å². The van der Waals surface area contributed by atoms with Gasteiger partial charge in [0.05, 0.1) is 23.4 Å². The second-order valence-electron chi connectivity index (χ2n) is 8.62. The van der Waals surface area contributed by atoms with Crippen LogP contribution in [0.4, 0.5) is 4.39 Å². The Bertz CT molecular complexity index is 1160. The Hall–Kier alpha value is -2.93. The third-order valence-electron chi connectivity index (χ3n) is 6.68. The van der Waals surface area contributed by atoms with Crippen molar-refractivity contribution in [1.82, 2.24) is 4.90 Å². The first-order valence-corrected chi connectivity index (χ1v) is 10.9. The number of likely N-dealkylation sites (tertiary alicyclic amines) is 1. The lowest BCUT2D eigenvalue weighted by Gasteiger charge is -2.45. The van der Waals surface area contributed by atoms with Gasteiger partial charge in [0.1, 0.15) is 22.9 Å². The van der Waals surface area contributed by atoms with Gasteiger partial charge in [0.15, 0.2) is 5.78 Å². The number of fused-ring (bicyclic) bond motifs is 3. The Balaban J connectivity index is 1.61. The molecular weight excluding hydrogens is 437 g/mol. The third-order valence-corrected chi connectivity index (χ3v) is 6.97. The number of amides is 1. The van der Waals surface area contributed by atoms with Gasteiger partial charge in [0.2, 0.25) is 5.91 Å². The molecule has 3 aliphatic heterocycles. The molecule has 5 rings (SSSR count). The predicted molar refractivity (Wildman–Crippen MR) is 114 cm³/mol. The summed E-state index contributed by atoms with van der Waals surface area (Å²) in [5, 5.41) is -0.0436. The average Bonchev–Trinajstić information content (AvgIpc) is 2.75. The van der Waals surface area contributed by atoms with E-state index in [2.05, 4.69) is 0 Å². The van der Waals surface area contributed by atoms with Crippen molar-refractivity contribution in [2.75, 3.05) is 13.1 Å². The molecule has 3 heterocycles. The van der Waals surface area contributed by atoms with Crippen molar-refractivity contribution in [2.24, 2.45) is 0 Å². The highest BCUT2D eigenvalue weighted by atomic mass is 35.5. The van der Waals surface area contributed by atoms with Crippen LogP contribution < -0.4 is 9.47 Å². The van der Waals surface area contributed by atoms with Crippen LogP contribution in [-0.4, -0.2) is 41.3 Å². The first-order chi connectivity index (χ1) is 15.3. The smallest absolute Gasteiger partial charge is 0.312 e. The molecule has 0 aliphatic carbocycles. The van der Waals surface area contributed by atoms with Crippen LogP contribution in [0.5, 0.6) is 11.5 Å². The molecule has 2 aromatic rings. The summed E-state index contributed by atoms with van der Waals surface area (Å²) in [6.45, 7) is 2.51. The maximum absolute atomic E-state index is 15.0. The van der Waals surface area contributed by atoms with Gasteiger partial charge in [-0.25, -0.2) is 4.39 Å². The third kappa shape index (κ3) is 3.35. The van der Waals surface area contributed by atoms with Crippen LogP contribution >= 0.6 is 11.6 Å². The second-order valence-corrected chi connectivity index (χ2v) is 9.03. The topological polar surface area (TPSA) is 72.9 Å². The molecule has 1 amide bonds. The van der Waals surface area contributed by atoms with E-state index in [4.69, 9.17) is 21.1 Å². The fraction of sp³-hybridized carbons (Fsp3) is 0.375. The molecule has 2 aromatic carbocycles. The minimum atomic E-state index is -0.746. The van der Waals surface area contributed by atoms with E-state index in [1.54, 1.807) is 29.2 Å². The number of carbonyl (C=O) groups is 3. The summed E-state index contributed by atoms with van der Waals surface area (Å²) in [7, 11) is 0. The van der Waals surface area contributed by atoms with E-state index in [9.17, 15) is 18.8 Å². The minimum absolute atomic E-state index is 0.0110. The molecule has 1 atom stereocenters. The number of hydrogen-bond donors (Lipinski definition) is 0. The lowest BCUT2D eigenvalue weighted by Crippen LogP contribution is -2.52. The molecule has 166 valence electrons. The van der Waals surface area contributed by atoms with Gasteiger partial charge in [-0.1, -0.05) is 23.7 Å². The van der Waals surface area contributed by atoms with Crippen LogP contribution in [0.2, 0.25) is 5.02 Å². The average molecular weight is 458 g/mol. The highest BCUT2D eigenvalue weighted by molar-refractivity contribution is 6.30. The molecule has 1 spiro atoms. The lowest BCUT2D eigenvalue weighted by molar-refractivity contribution is -0.135. The molecule has 1 saturated heterocycles. The number of halogens is 2. The summed E-state index contributed by atoms with van der Waals surface area (Å²) in [6, 6.07) is 7.82. The van der Waals surface area contributed by atoms with Crippen LogP contribution in [0.1, 0.15) is 60.0 Å². The van der Waals surface area contributed by atoms with Crippen molar-refractivity contribution in [3.05, 3.63) is 57.9 Å². The molecule has 0 N–H and O–H groups in total. The molecule has 0 radical (unpaired) electrons. The highest BCUT2D eigenvalue weighted by Crippen LogP contribution is 2.51. The molecule has 0 bridgehead atoms. The van der Waals surface area contributed by atoms with Crippen LogP contribution in [0.3, 0.4) is 0 Å². The molecular formula is C24H21ClFNO5. The van der Waals surface area contributed by atoms with Gasteiger partial charge in [-0.2, -0.15) is 0 Å². The number of rotatable bonds is 1. The molecule has 1 fully saturated rings. The van der Waals surface area contributed by atoms with Crippen molar-refractivity contribution < 1.29 is 28.2 Å². The van der Waals surface area contributed by atoms with Crippen molar-refractivity contribution >= 4 is 29.3 Å². The van der Waals surface area contributed by atoms with Crippen LogP contribution in [-0.2, 0) is 9.59 Å². The molecule has 0 aromatic heterocycles. The van der Waals surface area contributed by atoms with Gasteiger partial charge in [-0.05, 0) is 23.8 Å². The van der Waals surface area contributed by atoms with E-state index >= 15 is 0 Å². The van der Waals surface area contributed by atoms with Crippen LogP contribution in [0, 0.1) is 5.82 Å². The predicted octanol–water partition coefficient (Wildman–Crippen LogP) is 4.27. The van der Waals surface area contributed by atoms with Gasteiger partial charge in [0.25, 0.3) is 0 Å². The summed E-state index contributed by atoms with van der Waals surface area (Å²) < 4.78 is 26.9. The van der Waals surface area contributed by atoms with E-state index in [-0.39, 0.29) is 40.9 Å². The Labute approximate surface area is 189 Å². The zero-order valence-corrected chi connectivity index (χ0v) is 18.2. The number of nitrogens with zero attached hydrogens (tertiary/aromatic N) is 1. The number of ether oxygens (including phenoxy) is 2. The lowest BCUT2D eigenvalue weighted by atomic mass is 9.79. The largest absolute Gasteiger partial charge is 0.485 e. The Kier molecular flexibility index (Phi) is 4.97. The standard InChI is InChI=1S/C24H21ClFNO5/c1-13(28)27-9-7-24(8-10-27)12-18(29)15-5-6-19-21(23(15)32-24)16(11-20(30)31-19)14-3-2-4-17(25)22(14)26/h2-6,16H,7-12H2,1H3/t16-/m0/s1. The van der Waals surface area contributed by atoms with E-state index in [0.29, 0.717) is 42.8 Å². The summed E-state index contributed by atoms with van der Waals surface area (Å²) in [5.74, 6) is -1.28. The van der Waals surface area contributed by atoms with E-state index < -0.39 is 23.3 Å². The SMILES string of the molecule is CC(=O)N1CCC2(CC1)CC(=O)c1ccc3c(c1O2)[C@H](c1cccc(Cl)c1F)CC(=O)O3. The van der Waals surface area contributed by atoms with Gasteiger partial charge in [-0.3, -0.25) is 14.4 Å². The first-order valence-electron chi connectivity index (χ1n) is 10.6. The number of benzene rings is 2. The normalized spacial score (nSPS) is 21.5. The molecule has 6 nitrogen and oxygen atoms in total. The minimum Gasteiger partial charge on any atom is -0.485 e. The monoisotopic (exact) mass is 457 g/mol. The Morgan fingerprint density at radius 2 is 1.94 bits per heavy atom. The summed E-state index contributed by atoms with van der Waals surface area (Å²) in [6.07, 6.45) is 1.14. The maximum atomic E-state index is 15.0. The number of piperidine rings is 1. The zero-order valence-electron chi connectivity index (χ0n) is 17.5. The fourth-order valence-electron chi connectivity index (χ4n) is 4.97. The number of carbonyl (C=O) groups excluding carboxylic acids is 3. The molecule has 0 saturated carbocycles. The molecule has 32 heavy (non-hydrogen) atoms. The van der Waals surface area contributed by atoms with Crippen molar-refractivity contribution in [2.45, 2.75) is 44.1 Å². The van der Waals surface area contributed by atoms with E-state index in [1.165, 1.54) is 13.0 Å². The molecule has 8 heteroatoms. The van der Waals surface area contributed by atoms with Crippen LogP contribution in [0.25, 0.3) is 0 Å². The van der Waals surface area contributed by atoms with E-state index in [1.807, 2.05) is 0 Å². The number of esters is 1. The summed E-state index contributed by atoms with van der Waals surface area (Å²) >= 11 is 6.01. The number of Topliss-reactive ketones (excluding diaryl/α,β-unsaturated/α-hetero) is 1. The fourth-order valence-corrected chi connectivity index (χ4v) is 5.15. The highest BCUT2D eigenvalue weighted by Gasteiger charge is 2.46. The van der Waals surface area contributed by atoms with Crippen molar-refractivity contribution in [3.63, 3.8) is 0 Å². The number of hydrogen-bond acceptors (Lipinski definition) is 5. The van der Waals surface area contributed by atoms with Crippen molar-refractivity contribution in [1.29, 1.82) is 0 Å². The molecule has 3 aliphatic rings. The second kappa shape index (κ2) is 7.59. The summed E-state index contributed by atoms with van der Waals surface area (Å²) in [4.78, 5) is 38.9. The van der Waals surface area contributed by atoms with E-state index in [0.717, 1.165) is 0 Å². The first kappa shape index (κ1) is 20.9. The van der Waals surface area contributed by atoms with Crippen molar-refractivity contribution in [3.8, 4) is 11.5 Å². The Morgan fingerprint density at radius 3 is 2.66 bits per heavy atom. The summed E-state index contributed by atoms with van der Waals surface area (Å²) in [5.41, 5.74) is 0.397. The number of ketones is 1.